The summed E-state index contributed by atoms with van der Waals surface area (Å²) >= 11 is 1.23. The van der Waals surface area contributed by atoms with E-state index in [-0.39, 0.29) is 17.2 Å². The maximum atomic E-state index is 13.0. The molecule has 0 radical (unpaired) electrons. The van der Waals surface area contributed by atoms with Gasteiger partial charge in [0.25, 0.3) is 5.56 Å². The van der Waals surface area contributed by atoms with Gasteiger partial charge in [0.2, 0.25) is 5.91 Å². The lowest BCUT2D eigenvalue weighted by atomic mass is 10.2. The molecule has 3 rings (SSSR count). The topological polar surface area (TPSA) is 64.0 Å². The van der Waals surface area contributed by atoms with Gasteiger partial charge in [-0.2, -0.15) is 0 Å². The fourth-order valence-electron chi connectivity index (χ4n) is 2.38. The third-order valence-corrected chi connectivity index (χ3v) is 4.47. The van der Waals surface area contributed by atoms with Crippen LogP contribution < -0.4 is 10.9 Å². The number of aromatic nitrogens is 2. The zero-order valence-electron chi connectivity index (χ0n) is 13.5. The van der Waals surface area contributed by atoms with Crippen molar-refractivity contribution in [1.29, 1.82) is 0 Å². The number of para-hydroxylation sites is 2. The molecule has 0 aliphatic rings. The first-order valence-electron chi connectivity index (χ1n) is 7.78. The number of amides is 1. The monoisotopic (exact) mass is 351 g/mol. The minimum Gasteiger partial charge on any atom is -0.352 e. The van der Waals surface area contributed by atoms with Crippen LogP contribution in [0.3, 0.4) is 0 Å². The number of carbonyl (C=O) groups is 1. The lowest BCUT2D eigenvalue weighted by Crippen LogP contribution is -2.26. The van der Waals surface area contributed by atoms with E-state index in [1.54, 1.807) is 22.8 Å². The van der Waals surface area contributed by atoms with Crippen molar-refractivity contribution in [3.8, 4) is 5.69 Å². The normalized spacial score (nSPS) is 10.6. The average Bonchev–Trinajstić information content (AvgIpc) is 2.65. The van der Waals surface area contributed by atoms with Crippen molar-refractivity contribution in [2.24, 2.45) is 0 Å². The molecule has 1 N–H and O–H groups in total. The molecule has 1 heterocycles. The second-order valence-electron chi connectivity index (χ2n) is 5.27. The van der Waals surface area contributed by atoms with Crippen LogP contribution in [0.2, 0.25) is 0 Å². The summed E-state index contributed by atoms with van der Waals surface area (Å²) in [5.41, 5.74) is 1.19. The summed E-state index contributed by atoms with van der Waals surface area (Å²) in [6.45, 7) is 3.98. The molecule has 0 aliphatic carbocycles. The number of nitrogens with one attached hydrogen (secondary N) is 1. The highest BCUT2D eigenvalue weighted by atomic mass is 32.2. The van der Waals surface area contributed by atoms with Gasteiger partial charge in [-0.3, -0.25) is 14.2 Å². The Hall–Kier alpha value is -2.86. The second-order valence-corrected chi connectivity index (χ2v) is 6.21. The molecule has 0 saturated carbocycles. The summed E-state index contributed by atoms with van der Waals surface area (Å²) in [5.74, 6) is 0.0396. The molecule has 0 unspecified atom stereocenters. The maximum Gasteiger partial charge on any atom is 0.266 e. The Bertz CT molecular complexity index is 967. The maximum absolute atomic E-state index is 13.0. The predicted molar refractivity (Wildman–Crippen MR) is 101 cm³/mol. The molecule has 2 aromatic carbocycles. The Morgan fingerprint density at radius 1 is 1.16 bits per heavy atom. The smallest absolute Gasteiger partial charge is 0.266 e. The average molecular weight is 351 g/mol. The van der Waals surface area contributed by atoms with Gasteiger partial charge in [-0.05, 0) is 24.3 Å². The van der Waals surface area contributed by atoms with Gasteiger partial charge in [-0.15, -0.1) is 6.58 Å². The Morgan fingerprint density at radius 2 is 1.88 bits per heavy atom. The lowest BCUT2D eigenvalue weighted by Gasteiger charge is -2.13. The summed E-state index contributed by atoms with van der Waals surface area (Å²) in [6.07, 6.45) is 1.62. The molecule has 0 bridgehead atoms. The minimum absolute atomic E-state index is 0.132. The molecule has 3 aromatic rings. The fraction of sp³-hybridized carbons (Fsp3) is 0.105. The Labute approximate surface area is 149 Å². The number of fused-ring (bicyclic) bond motifs is 1. The molecule has 25 heavy (non-hydrogen) atoms. The number of nitrogens with zero attached hydrogens (tertiary/aromatic N) is 2. The van der Waals surface area contributed by atoms with Crippen molar-refractivity contribution in [3.05, 3.63) is 77.6 Å². The van der Waals surface area contributed by atoms with Gasteiger partial charge < -0.3 is 5.32 Å². The highest BCUT2D eigenvalue weighted by Gasteiger charge is 2.14. The van der Waals surface area contributed by atoms with E-state index >= 15 is 0 Å². The van der Waals surface area contributed by atoms with Gasteiger partial charge in [-0.25, -0.2) is 4.98 Å². The van der Waals surface area contributed by atoms with Crippen molar-refractivity contribution in [3.63, 3.8) is 0 Å². The molecule has 1 amide bonds. The zero-order valence-corrected chi connectivity index (χ0v) is 14.3. The van der Waals surface area contributed by atoms with Crippen LogP contribution in [0.5, 0.6) is 0 Å². The molecule has 5 nitrogen and oxygen atoms in total. The first kappa shape index (κ1) is 17.0. The Morgan fingerprint density at radius 3 is 2.64 bits per heavy atom. The van der Waals surface area contributed by atoms with Crippen LogP contribution in [0.1, 0.15) is 0 Å². The molecule has 6 heteroatoms. The van der Waals surface area contributed by atoms with Crippen LogP contribution in [0.15, 0.2) is 77.2 Å². The zero-order chi connectivity index (χ0) is 17.6. The van der Waals surface area contributed by atoms with Gasteiger partial charge in [0.15, 0.2) is 5.16 Å². The molecule has 1 aromatic heterocycles. The minimum atomic E-state index is -0.147. The van der Waals surface area contributed by atoms with Crippen LogP contribution in [0.4, 0.5) is 0 Å². The third-order valence-electron chi connectivity index (χ3n) is 3.54. The number of benzene rings is 2. The van der Waals surface area contributed by atoms with Crippen LogP contribution in [0.25, 0.3) is 16.6 Å². The quantitative estimate of drug-likeness (QED) is 0.421. The van der Waals surface area contributed by atoms with E-state index in [1.165, 1.54) is 11.8 Å². The summed E-state index contributed by atoms with van der Waals surface area (Å²) in [5, 5.41) is 3.76. The Balaban J connectivity index is 2.05. The molecule has 0 atom stereocenters. The van der Waals surface area contributed by atoms with E-state index < -0.39 is 0 Å². The van der Waals surface area contributed by atoms with Gasteiger partial charge in [0, 0.05) is 6.54 Å². The van der Waals surface area contributed by atoms with E-state index in [2.05, 4.69) is 16.9 Å². The summed E-state index contributed by atoms with van der Waals surface area (Å²) in [6, 6.07) is 16.5. The van der Waals surface area contributed by atoms with Crippen LogP contribution in [-0.2, 0) is 4.79 Å². The molecule has 0 spiro atoms. The van der Waals surface area contributed by atoms with Crippen molar-refractivity contribution in [2.45, 2.75) is 5.16 Å². The number of rotatable bonds is 6. The van der Waals surface area contributed by atoms with E-state index in [4.69, 9.17) is 0 Å². The predicted octanol–water partition coefficient (Wildman–Crippen LogP) is 2.78. The van der Waals surface area contributed by atoms with Crippen molar-refractivity contribution >= 4 is 28.6 Å². The largest absolute Gasteiger partial charge is 0.352 e. The van der Waals surface area contributed by atoms with Crippen molar-refractivity contribution < 1.29 is 4.79 Å². The second kappa shape index (κ2) is 7.81. The third kappa shape index (κ3) is 3.80. The van der Waals surface area contributed by atoms with E-state index in [0.29, 0.717) is 22.6 Å². The van der Waals surface area contributed by atoms with Gasteiger partial charge in [0.05, 0.1) is 22.3 Å². The fourth-order valence-corrected chi connectivity index (χ4v) is 3.22. The summed E-state index contributed by atoms with van der Waals surface area (Å²) in [7, 11) is 0. The highest BCUT2D eigenvalue weighted by molar-refractivity contribution is 7.99. The molecular formula is C19H17N3O2S. The molecule has 0 saturated heterocycles. The van der Waals surface area contributed by atoms with Gasteiger partial charge >= 0.3 is 0 Å². The molecule has 0 fully saturated rings. The standard InChI is InChI=1S/C19H17N3O2S/c1-2-12-20-17(23)13-25-19-21-16-11-7-6-10-15(16)18(24)22(19)14-8-4-3-5-9-14/h2-11H,1,12-13H2,(H,20,23). The van der Waals surface area contributed by atoms with E-state index in [1.807, 2.05) is 42.5 Å². The molecule has 0 aliphatic heterocycles. The Kier molecular flexibility index (Phi) is 5.30. The molecule has 126 valence electrons. The van der Waals surface area contributed by atoms with Crippen LogP contribution >= 0.6 is 11.8 Å². The number of hydrogen-bond donors (Lipinski definition) is 1. The van der Waals surface area contributed by atoms with Crippen molar-refractivity contribution in [1.82, 2.24) is 14.9 Å². The number of thioether (sulfide) groups is 1. The van der Waals surface area contributed by atoms with E-state index in [9.17, 15) is 9.59 Å². The first-order valence-corrected chi connectivity index (χ1v) is 8.77. The summed E-state index contributed by atoms with van der Waals surface area (Å²) < 4.78 is 1.55. The van der Waals surface area contributed by atoms with Crippen molar-refractivity contribution in [2.75, 3.05) is 12.3 Å². The number of hydrogen-bond acceptors (Lipinski definition) is 4. The highest BCUT2D eigenvalue weighted by Crippen LogP contribution is 2.21. The van der Waals surface area contributed by atoms with Gasteiger partial charge in [-0.1, -0.05) is 48.2 Å². The summed E-state index contributed by atoms with van der Waals surface area (Å²) in [4.78, 5) is 29.4. The van der Waals surface area contributed by atoms with E-state index in [0.717, 1.165) is 5.69 Å². The van der Waals surface area contributed by atoms with Crippen LogP contribution in [0, 0.1) is 0 Å². The van der Waals surface area contributed by atoms with Gasteiger partial charge in [0.1, 0.15) is 0 Å². The SMILES string of the molecule is C=CCNC(=O)CSc1nc2ccccc2c(=O)n1-c1ccccc1. The molecular weight excluding hydrogens is 334 g/mol. The van der Waals surface area contributed by atoms with Crippen LogP contribution in [-0.4, -0.2) is 27.8 Å². The lowest BCUT2D eigenvalue weighted by molar-refractivity contribution is -0.118. The first-order chi connectivity index (χ1) is 12.2. The number of carbonyl (C=O) groups excluding carboxylic acids is 1.